The maximum atomic E-state index is 14.9. The zero-order valence-corrected chi connectivity index (χ0v) is 17.7. The Morgan fingerprint density at radius 2 is 1.74 bits per heavy atom. The highest BCUT2D eigenvalue weighted by molar-refractivity contribution is 7.90. The maximum Gasteiger partial charge on any atom is 0.268 e. The molecular weight excluding hydrogens is 442 g/mol. The second kappa shape index (κ2) is 7.72. The Morgan fingerprint density at radius 1 is 1.03 bits per heavy atom. The predicted molar refractivity (Wildman–Crippen MR) is 116 cm³/mol. The molecule has 0 aliphatic rings. The minimum absolute atomic E-state index is 0.0488. The number of hydrogen-bond acceptors (Lipinski definition) is 4. The lowest BCUT2D eigenvalue weighted by atomic mass is 10.2. The van der Waals surface area contributed by atoms with Crippen LogP contribution in [0.3, 0.4) is 0 Å². The van der Waals surface area contributed by atoms with E-state index in [0.29, 0.717) is 5.39 Å². The Balaban J connectivity index is 1.81. The summed E-state index contributed by atoms with van der Waals surface area (Å²) >= 11 is 4.34. The van der Waals surface area contributed by atoms with E-state index < -0.39 is 21.7 Å². The number of thiol groups is 1. The van der Waals surface area contributed by atoms with Gasteiger partial charge in [-0.05, 0) is 43.3 Å². The first-order chi connectivity index (χ1) is 14.7. The van der Waals surface area contributed by atoms with E-state index >= 15 is 0 Å². The molecule has 31 heavy (non-hydrogen) atoms. The van der Waals surface area contributed by atoms with Gasteiger partial charge in [0.25, 0.3) is 10.0 Å². The van der Waals surface area contributed by atoms with E-state index in [1.165, 1.54) is 30.5 Å². The van der Waals surface area contributed by atoms with Crippen LogP contribution in [-0.2, 0) is 10.0 Å². The van der Waals surface area contributed by atoms with Crippen molar-refractivity contribution in [3.63, 3.8) is 0 Å². The van der Waals surface area contributed by atoms with E-state index in [4.69, 9.17) is 11.3 Å². The topological polar surface area (TPSA) is 52.7 Å². The van der Waals surface area contributed by atoms with Crippen LogP contribution in [0, 0.1) is 25.1 Å². The van der Waals surface area contributed by atoms with Crippen molar-refractivity contribution >= 4 is 39.2 Å². The molecule has 0 atom stereocenters. The van der Waals surface area contributed by atoms with Gasteiger partial charge in [0.15, 0.2) is 11.6 Å². The largest absolute Gasteiger partial charge is 0.454 e. The lowest BCUT2D eigenvalue weighted by Gasteiger charge is -2.13. The second-order valence-corrected chi connectivity index (χ2v) is 8.99. The molecular formula is C22H14F2N2O3S2. The molecule has 1 heterocycles. The van der Waals surface area contributed by atoms with Crippen LogP contribution in [-0.4, -0.2) is 12.4 Å². The van der Waals surface area contributed by atoms with Gasteiger partial charge in [-0.2, -0.15) is 0 Å². The van der Waals surface area contributed by atoms with Crippen LogP contribution in [0.5, 0.6) is 11.5 Å². The molecule has 1 aromatic heterocycles. The summed E-state index contributed by atoms with van der Waals surface area (Å²) in [6.07, 6.45) is 1.32. The molecule has 4 aromatic rings. The quantitative estimate of drug-likeness (QED) is 0.298. The van der Waals surface area contributed by atoms with E-state index in [2.05, 4.69) is 17.5 Å². The van der Waals surface area contributed by atoms with Crippen LogP contribution in [0.4, 0.5) is 14.5 Å². The van der Waals surface area contributed by atoms with Crippen molar-refractivity contribution in [1.82, 2.24) is 3.97 Å². The van der Waals surface area contributed by atoms with Crippen molar-refractivity contribution in [2.75, 3.05) is 0 Å². The Labute approximate surface area is 182 Å². The summed E-state index contributed by atoms with van der Waals surface area (Å²) in [5.41, 5.74) is 0.732. The monoisotopic (exact) mass is 456 g/mol. The number of nitrogens with zero attached hydrogens (tertiary/aromatic N) is 2. The summed E-state index contributed by atoms with van der Waals surface area (Å²) in [5, 5.41) is 0.350. The number of benzene rings is 3. The number of fused-ring (bicyclic) bond motifs is 1. The van der Waals surface area contributed by atoms with Gasteiger partial charge < -0.3 is 4.74 Å². The summed E-state index contributed by atoms with van der Waals surface area (Å²) in [7, 11) is -3.96. The molecule has 0 N–H and O–H groups in total. The van der Waals surface area contributed by atoms with Gasteiger partial charge in [0.05, 0.1) is 21.9 Å². The second-order valence-electron chi connectivity index (χ2n) is 6.73. The molecule has 0 aliphatic carbocycles. The van der Waals surface area contributed by atoms with Gasteiger partial charge in [-0.1, -0.05) is 17.7 Å². The van der Waals surface area contributed by atoms with Crippen molar-refractivity contribution in [2.45, 2.75) is 16.7 Å². The number of aromatic nitrogens is 1. The van der Waals surface area contributed by atoms with Crippen LogP contribution in [0.1, 0.15) is 5.56 Å². The molecule has 0 fully saturated rings. The Bertz CT molecular complexity index is 1470. The predicted octanol–water partition coefficient (Wildman–Crippen LogP) is 6.10. The molecule has 0 saturated heterocycles. The van der Waals surface area contributed by atoms with Crippen molar-refractivity contribution in [3.05, 3.63) is 89.4 Å². The van der Waals surface area contributed by atoms with Gasteiger partial charge >= 0.3 is 0 Å². The summed E-state index contributed by atoms with van der Waals surface area (Å²) in [6, 6.07) is 12.3. The van der Waals surface area contributed by atoms with Gasteiger partial charge in [-0.3, -0.25) is 0 Å². The van der Waals surface area contributed by atoms with Crippen LogP contribution >= 0.6 is 12.6 Å². The first-order valence-corrected chi connectivity index (χ1v) is 10.8. The third kappa shape index (κ3) is 3.65. The SMILES string of the molecule is [C-]#[N+]c1cc(Oc2c(F)cc3c(ccn3S(=O)(=O)c3ccc(C)cc3)c2S)ccc1F. The lowest BCUT2D eigenvalue weighted by Crippen LogP contribution is -2.12. The van der Waals surface area contributed by atoms with Crippen molar-refractivity contribution < 1.29 is 21.9 Å². The van der Waals surface area contributed by atoms with Crippen LogP contribution < -0.4 is 4.74 Å². The normalized spacial score (nSPS) is 11.5. The van der Waals surface area contributed by atoms with Crippen molar-refractivity contribution in [1.29, 1.82) is 0 Å². The molecule has 156 valence electrons. The molecule has 0 radical (unpaired) electrons. The molecule has 9 heteroatoms. The Morgan fingerprint density at radius 3 is 2.42 bits per heavy atom. The maximum absolute atomic E-state index is 14.9. The molecule has 0 spiro atoms. The van der Waals surface area contributed by atoms with Crippen molar-refractivity contribution in [3.8, 4) is 11.5 Å². The molecule has 4 rings (SSSR count). The number of halogens is 2. The minimum atomic E-state index is -3.96. The van der Waals surface area contributed by atoms with Gasteiger partial charge in [-0.25, -0.2) is 26.0 Å². The van der Waals surface area contributed by atoms with Gasteiger partial charge in [0.2, 0.25) is 5.69 Å². The van der Waals surface area contributed by atoms with Crippen molar-refractivity contribution in [2.24, 2.45) is 0 Å². The average Bonchev–Trinajstić information content (AvgIpc) is 3.17. The van der Waals surface area contributed by atoms with E-state index in [-0.39, 0.29) is 32.5 Å². The van der Waals surface area contributed by atoms with Crippen LogP contribution in [0.2, 0.25) is 0 Å². The highest BCUT2D eigenvalue weighted by Gasteiger charge is 2.23. The van der Waals surface area contributed by atoms with Crippen LogP contribution in [0.25, 0.3) is 15.7 Å². The van der Waals surface area contributed by atoms with Gasteiger partial charge in [-0.15, -0.1) is 12.6 Å². The van der Waals surface area contributed by atoms with Crippen LogP contribution in [0.15, 0.2) is 70.6 Å². The van der Waals surface area contributed by atoms with Gasteiger partial charge in [0.1, 0.15) is 11.6 Å². The number of ether oxygens (including phenoxy) is 1. The highest BCUT2D eigenvalue weighted by Crippen LogP contribution is 2.39. The highest BCUT2D eigenvalue weighted by atomic mass is 32.2. The summed E-state index contributed by atoms with van der Waals surface area (Å²) in [6.45, 7) is 8.82. The third-order valence-corrected chi connectivity index (χ3v) is 6.82. The zero-order valence-electron chi connectivity index (χ0n) is 16.0. The van der Waals surface area contributed by atoms with E-state index in [1.807, 2.05) is 6.92 Å². The fraction of sp³-hybridized carbons (Fsp3) is 0.0455. The first kappa shape index (κ1) is 20.9. The average molecular weight is 456 g/mol. The first-order valence-electron chi connectivity index (χ1n) is 8.92. The smallest absolute Gasteiger partial charge is 0.268 e. The Kier molecular flexibility index (Phi) is 5.21. The summed E-state index contributed by atoms with van der Waals surface area (Å²) < 4.78 is 61.0. The number of rotatable bonds is 4. The molecule has 0 bridgehead atoms. The molecule has 3 aromatic carbocycles. The number of hydrogen-bond donors (Lipinski definition) is 1. The fourth-order valence-corrected chi connectivity index (χ4v) is 4.76. The van der Waals surface area contributed by atoms with Gasteiger partial charge in [0, 0.05) is 17.6 Å². The van der Waals surface area contributed by atoms with E-state index in [1.54, 1.807) is 12.1 Å². The third-order valence-electron chi connectivity index (χ3n) is 4.68. The molecule has 0 unspecified atom stereocenters. The van der Waals surface area contributed by atoms with E-state index in [9.17, 15) is 17.2 Å². The lowest BCUT2D eigenvalue weighted by molar-refractivity contribution is 0.432. The zero-order chi connectivity index (χ0) is 22.3. The minimum Gasteiger partial charge on any atom is -0.454 e. The summed E-state index contributed by atoms with van der Waals surface area (Å²) in [4.78, 5) is 3.18. The Hall–Kier alpha value is -3.35. The van der Waals surface area contributed by atoms with E-state index in [0.717, 1.165) is 27.7 Å². The fourth-order valence-electron chi connectivity index (χ4n) is 3.08. The molecule has 0 amide bonds. The number of aryl methyl sites for hydroxylation is 1. The summed E-state index contributed by atoms with van der Waals surface area (Å²) in [5.74, 6) is -1.79. The standard InChI is InChI=1S/C22H14F2N2O3S2/c1-13-3-6-15(7-4-13)31(27,28)26-10-9-16-20(26)12-18(24)21(22(16)30)29-14-5-8-17(23)19(11-14)25-2/h3-12,30H,1H3. The molecule has 0 aliphatic heterocycles. The molecule has 5 nitrogen and oxygen atoms in total. The molecule has 0 saturated carbocycles.